The van der Waals surface area contributed by atoms with Gasteiger partial charge in [0.2, 0.25) is 5.91 Å². The molecule has 1 aliphatic heterocycles. The first-order chi connectivity index (χ1) is 8.99. The highest BCUT2D eigenvalue weighted by Gasteiger charge is 2.28. The van der Waals surface area contributed by atoms with Crippen LogP contribution in [0.3, 0.4) is 0 Å². The van der Waals surface area contributed by atoms with Crippen LogP contribution in [0.25, 0.3) is 0 Å². The monoisotopic (exact) mass is 326 g/mol. The molecule has 1 aromatic carbocycles. The molecule has 1 amide bonds. The number of rotatable bonds is 5. The maximum Gasteiger partial charge on any atom is 0.245 e. The number of nitrogens with one attached hydrogen (secondary N) is 1. The molecule has 19 heavy (non-hydrogen) atoms. The van der Waals surface area contributed by atoms with Gasteiger partial charge in [-0.05, 0) is 40.8 Å². The Bertz CT molecular complexity index is 489. The van der Waals surface area contributed by atoms with E-state index in [0.29, 0.717) is 12.5 Å². The number of nitrogens with two attached hydrogens (primary N) is 1. The Morgan fingerprint density at radius 1 is 1.47 bits per heavy atom. The Labute approximate surface area is 121 Å². The van der Waals surface area contributed by atoms with E-state index in [4.69, 9.17) is 10.5 Å². The minimum atomic E-state index is -0.582. The number of amides is 1. The van der Waals surface area contributed by atoms with Crippen LogP contribution in [0.5, 0.6) is 5.75 Å². The van der Waals surface area contributed by atoms with Gasteiger partial charge in [-0.3, -0.25) is 4.79 Å². The molecule has 0 saturated heterocycles. The van der Waals surface area contributed by atoms with Gasteiger partial charge in [-0.15, -0.1) is 0 Å². The Hall–Kier alpha value is -1.07. The van der Waals surface area contributed by atoms with Gasteiger partial charge in [-0.2, -0.15) is 0 Å². The van der Waals surface area contributed by atoms with Gasteiger partial charge in [0, 0.05) is 17.3 Å². The number of carbonyl (C=O) groups is 1. The smallest absolute Gasteiger partial charge is 0.245 e. The number of anilines is 1. The van der Waals surface area contributed by atoms with E-state index in [1.165, 1.54) is 0 Å². The van der Waals surface area contributed by atoms with Crippen molar-refractivity contribution in [2.75, 3.05) is 11.9 Å². The maximum absolute atomic E-state index is 11.5. The van der Waals surface area contributed by atoms with Gasteiger partial charge >= 0.3 is 0 Å². The lowest BCUT2D eigenvalue weighted by Gasteiger charge is -2.11. The summed E-state index contributed by atoms with van der Waals surface area (Å²) in [7, 11) is 0. The fraction of sp³-hybridized carbons (Fsp3) is 0.500. The molecule has 1 aliphatic rings. The lowest BCUT2D eigenvalue weighted by molar-refractivity contribution is -0.116. The SMILES string of the molecule is CC(C)CCCOc1cc2c(cc1Br)C(N)C(=O)N2. The van der Waals surface area contributed by atoms with Crippen LogP contribution in [0.2, 0.25) is 0 Å². The molecular weight excluding hydrogens is 308 g/mol. The zero-order valence-corrected chi connectivity index (χ0v) is 12.8. The highest BCUT2D eigenvalue weighted by Crippen LogP contribution is 2.37. The second-order valence-corrected chi connectivity index (χ2v) is 6.08. The predicted molar refractivity (Wildman–Crippen MR) is 79.3 cm³/mol. The Balaban J connectivity index is 2.03. The lowest BCUT2D eigenvalue weighted by Crippen LogP contribution is -2.19. The third-order valence-corrected chi connectivity index (χ3v) is 3.78. The third kappa shape index (κ3) is 3.28. The molecule has 0 aromatic heterocycles. The first-order valence-corrected chi connectivity index (χ1v) is 7.31. The van der Waals surface area contributed by atoms with Crippen molar-refractivity contribution in [1.29, 1.82) is 0 Å². The fourth-order valence-electron chi connectivity index (χ4n) is 2.07. The molecule has 4 nitrogen and oxygen atoms in total. The normalized spacial score (nSPS) is 17.5. The molecule has 104 valence electrons. The Kier molecular flexibility index (Phi) is 4.47. The first-order valence-electron chi connectivity index (χ1n) is 6.51. The summed E-state index contributed by atoms with van der Waals surface area (Å²) in [6, 6.07) is 3.11. The number of benzene rings is 1. The second kappa shape index (κ2) is 5.92. The summed E-state index contributed by atoms with van der Waals surface area (Å²) in [4.78, 5) is 11.5. The molecule has 1 atom stereocenters. The second-order valence-electron chi connectivity index (χ2n) is 5.22. The number of hydrogen-bond acceptors (Lipinski definition) is 3. The van der Waals surface area contributed by atoms with Gasteiger partial charge < -0.3 is 15.8 Å². The van der Waals surface area contributed by atoms with Crippen LogP contribution < -0.4 is 15.8 Å². The molecule has 0 radical (unpaired) electrons. The van der Waals surface area contributed by atoms with Crippen LogP contribution in [-0.4, -0.2) is 12.5 Å². The largest absolute Gasteiger partial charge is 0.492 e. The van der Waals surface area contributed by atoms with Crippen molar-refractivity contribution in [3.05, 3.63) is 22.2 Å². The highest BCUT2D eigenvalue weighted by molar-refractivity contribution is 9.10. The van der Waals surface area contributed by atoms with E-state index < -0.39 is 6.04 Å². The molecule has 1 heterocycles. The number of ether oxygens (including phenoxy) is 1. The van der Waals surface area contributed by atoms with Gasteiger partial charge in [-0.25, -0.2) is 0 Å². The molecule has 1 unspecified atom stereocenters. The van der Waals surface area contributed by atoms with E-state index in [0.717, 1.165) is 34.3 Å². The van der Waals surface area contributed by atoms with Crippen LogP contribution in [0.4, 0.5) is 5.69 Å². The van der Waals surface area contributed by atoms with Crippen molar-refractivity contribution in [1.82, 2.24) is 0 Å². The lowest BCUT2D eigenvalue weighted by atomic mass is 10.1. The van der Waals surface area contributed by atoms with Crippen LogP contribution in [-0.2, 0) is 4.79 Å². The average molecular weight is 327 g/mol. The van der Waals surface area contributed by atoms with Gasteiger partial charge in [0.15, 0.2) is 0 Å². The Morgan fingerprint density at radius 2 is 2.21 bits per heavy atom. The molecule has 0 fully saturated rings. The summed E-state index contributed by atoms with van der Waals surface area (Å²) in [5, 5.41) is 2.76. The molecule has 1 aromatic rings. The Morgan fingerprint density at radius 3 is 2.89 bits per heavy atom. The zero-order chi connectivity index (χ0) is 14.0. The maximum atomic E-state index is 11.5. The predicted octanol–water partition coefficient (Wildman–Crippen LogP) is 3.22. The van der Waals surface area contributed by atoms with Crippen molar-refractivity contribution >= 4 is 27.5 Å². The van der Waals surface area contributed by atoms with E-state index >= 15 is 0 Å². The number of fused-ring (bicyclic) bond motifs is 1. The van der Waals surface area contributed by atoms with E-state index in [1.807, 2.05) is 12.1 Å². The van der Waals surface area contributed by atoms with Crippen molar-refractivity contribution in [3.63, 3.8) is 0 Å². The van der Waals surface area contributed by atoms with Gasteiger partial charge in [0.05, 0.1) is 11.1 Å². The van der Waals surface area contributed by atoms with Gasteiger partial charge in [0.25, 0.3) is 0 Å². The molecule has 3 N–H and O–H groups in total. The quantitative estimate of drug-likeness (QED) is 0.816. The summed E-state index contributed by atoms with van der Waals surface area (Å²) in [5.74, 6) is 1.26. The topological polar surface area (TPSA) is 64.3 Å². The van der Waals surface area contributed by atoms with Crippen molar-refractivity contribution in [2.45, 2.75) is 32.7 Å². The number of hydrogen-bond donors (Lipinski definition) is 2. The van der Waals surface area contributed by atoms with Gasteiger partial charge in [0.1, 0.15) is 11.8 Å². The number of carbonyl (C=O) groups excluding carboxylic acids is 1. The van der Waals surface area contributed by atoms with Crippen LogP contribution in [0, 0.1) is 5.92 Å². The molecule has 5 heteroatoms. The first kappa shape index (κ1) is 14.3. The highest BCUT2D eigenvalue weighted by atomic mass is 79.9. The van der Waals surface area contributed by atoms with Crippen LogP contribution >= 0.6 is 15.9 Å². The van der Waals surface area contributed by atoms with E-state index in [9.17, 15) is 4.79 Å². The van der Waals surface area contributed by atoms with Crippen molar-refractivity contribution in [2.24, 2.45) is 11.7 Å². The fourth-order valence-corrected chi connectivity index (χ4v) is 2.55. The van der Waals surface area contributed by atoms with Crippen molar-refractivity contribution < 1.29 is 9.53 Å². The van der Waals surface area contributed by atoms with Crippen LogP contribution in [0.15, 0.2) is 16.6 Å². The molecule has 0 spiro atoms. The molecule has 2 rings (SSSR count). The number of halogens is 1. The molecular formula is C14H19BrN2O2. The summed E-state index contributed by atoms with van der Waals surface area (Å²) in [6.07, 6.45) is 2.16. The molecule has 0 aliphatic carbocycles. The van der Waals surface area contributed by atoms with Gasteiger partial charge in [-0.1, -0.05) is 13.8 Å². The zero-order valence-electron chi connectivity index (χ0n) is 11.2. The minimum absolute atomic E-state index is 0.168. The third-order valence-electron chi connectivity index (χ3n) is 3.16. The van der Waals surface area contributed by atoms with E-state index in [1.54, 1.807) is 0 Å². The van der Waals surface area contributed by atoms with Crippen molar-refractivity contribution in [3.8, 4) is 5.75 Å². The average Bonchev–Trinajstić information content (AvgIpc) is 2.61. The summed E-state index contributed by atoms with van der Waals surface area (Å²) in [5.41, 5.74) is 7.35. The summed E-state index contributed by atoms with van der Waals surface area (Å²) < 4.78 is 6.58. The van der Waals surface area contributed by atoms with Crippen LogP contribution in [0.1, 0.15) is 38.3 Å². The standard InChI is InChI=1S/C14H19BrN2O2/c1-8(2)4-3-5-19-12-7-11-9(6-10(12)15)13(16)14(18)17-11/h6-8,13H,3-5,16H2,1-2H3,(H,17,18). The van der Waals surface area contributed by atoms with E-state index in [-0.39, 0.29) is 5.91 Å². The minimum Gasteiger partial charge on any atom is -0.492 e. The summed E-state index contributed by atoms with van der Waals surface area (Å²) >= 11 is 3.46. The summed E-state index contributed by atoms with van der Waals surface area (Å²) in [6.45, 7) is 5.07. The molecule has 0 bridgehead atoms. The van der Waals surface area contributed by atoms with E-state index in [2.05, 4.69) is 35.1 Å². The molecule has 0 saturated carbocycles.